The van der Waals surface area contributed by atoms with Gasteiger partial charge in [-0.1, -0.05) is 61.2 Å². The van der Waals surface area contributed by atoms with E-state index < -0.39 is 0 Å². The number of carbonyl (C=O) groups is 1. The standard InChI is InChI=1S/C26H25N5O2S/c1-3-19-9-11-20(12-10-19)17-27-28-24(32)18-34-26-30-29-25(21-13-15-23(33-2)16-14-21)31(26)22-7-5-4-6-8-22/h4-17H,3,18H2,1-2H3,(H,28,32). The van der Waals surface area contributed by atoms with Gasteiger partial charge in [-0.25, -0.2) is 5.43 Å². The first-order chi connectivity index (χ1) is 16.7. The van der Waals surface area contributed by atoms with Crippen molar-refractivity contribution in [1.82, 2.24) is 20.2 Å². The summed E-state index contributed by atoms with van der Waals surface area (Å²) in [5.41, 5.74) is 6.57. The number of hydrazone groups is 1. The third kappa shape index (κ3) is 5.71. The number of nitrogens with zero attached hydrogens (tertiary/aromatic N) is 4. The second-order valence-corrected chi connectivity index (χ2v) is 8.33. The number of aromatic nitrogens is 3. The van der Waals surface area contributed by atoms with E-state index in [1.54, 1.807) is 13.3 Å². The average molecular weight is 472 g/mol. The van der Waals surface area contributed by atoms with E-state index in [0.717, 1.165) is 29.0 Å². The lowest BCUT2D eigenvalue weighted by Gasteiger charge is -2.10. The molecule has 0 aliphatic rings. The van der Waals surface area contributed by atoms with Gasteiger partial charge in [0, 0.05) is 11.3 Å². The Labute approximate surface area is 202 Å². The zero-order valence-electron chi connectivity index (χ0n) is 19.0. The molecule has 1 heterocycles. The van der Waals surface area contributed by atoms with Gasteiger partial charge in [-0.2, -0.15) is 5.10 Å². The van der Waals surface area contributed by atoms with E-state index in [0.29, 0.717) is 11.0 Å². The van der Waals surface area contributed by atoms with Gasteiger partial charge in [-0.05, 0) is 53.9 Å². The fourth-order valence-corrected chi connectivity index (χ4v) is 4.03. The maximum Gasteiger partial charge on any atom is 0.250 e. The molecule has 0 saturated carbocycles. The van der Waals surface area contributed by atoms with Crippen LogP contribution >= 0.6 is 11.8 Å². The minimum Gasteiger partial charge on any atom is -0.497 e. The number of thioether (sulfide) groups is 1. The molecule has 4 rings (SSSR count). The summed E-state index contributed by atoms with van der Waals surface area (Å²) in [7, 11) is 1.63. The van der Waals surface area contributed by atoms with Gasteiger partial charge < -0.3 is 4.74 Å². The number of nitrogens with one attached hydrogen (secondary N) is 1. The van der Waals surface area contributed by atoms with Crippen LogP contribution < -0.4 is 10.2 Å². The summed E-state index contributed by atoms with van der Waals surface area (Å²) >= 11 is 1.30. The molecular formula is C26H25N5O2S. The van der Waals surface area contributed by atoms with Crippen LogP contribution in [0.4, 0.5) is 0 Å². The number of para-hydroxylation sites is 1. The zero-order chi connectivity index (χ0) is 23.8. The highest BCUT2D eigenvalue weighted by atomic mass is 32.2. The molecule has 8 heteroatoms. The van der Waals surface area contributed by atoms with Crippen molar-refractivity contribution >= 4 is 23.9 Å². The molecule has 172 valence electrons. The van der Waals surface area contributed by atoms with Crippen molar-refractivity contribution in [3.8, 4) is 22.8 Å². The molecule has 1 amide bonds. The molecule has 1 aromatic heterocycles. The summed E-state index contributed by atoms with van der Waals surface area (Å²) in [6.45, 7) is 2.11. The van der Waals surface area contributed by atoms with Gasteiger partial charge in [0.15, 0.2) is 11.0 Å². The Balaban J connectivity index is 1.47. The van der Waals surface area contributed by atoms with E-state index in [4.69, 9.17) is 4.74 Å². The van der Waals surface area contributed by atoms with Crippen LogP contribution in [0.5, 0.6) is 5.75 Å². The van der Waals surface area contributed by atoms with Gasteiger partial charge in [0.1, 0.15) is 5.75 Å². The Morgan fingerprint density at radius 3 is 2.44 bits per heavy atom. The van der Waals surface area contributed by atoms with Gasteiger partial charge in [-0.3, -0.25) is 9.36 Å². The highest BCUT2D eigenvalue weighted by Gasteiger charge is 2.17. The molecule has 3 aromatic carbocycles. The number of amides is 1. The SMILES string of the molecule is CCc1ccc(C=NNC(=O)CSc2nnc(-c3ccc(OC)cc3)n2-c2ccccc2)cc1. The summed E-state index contributed by atoms with van der Waals surface area (Å²) < 4.78 is 7.20. The molecule has 0 saturated heterocycles. The number of hydrogen-bond donors (Lipinski definition) is 1. The predicted octanol–water partition coefficient (Wildman–Crippen LogP) is 4.75. The van der Waals surface area contributed by atoms with E-state index in [9.17, 15) is 4.79 Å². The van der Waals surface area contributed by atoms with Crippen LogP contribution in [0.15, 0.2) is 89.1 Å². The lowest BCUT2D eigenvalue weighted by atomic mass is 10.1. The Bertz CT molecular complexity index is 1250. The van der Waals surface area contributed by atoms with E-state index in [-0.39, 0.29) is 11.7 Å². The molecule has 0 aliphatic heterocycles. The molecule has 0 atom stereocenters. The molecular weight excluding hydrogens is 446 g/mol. The summed E-state index contributed by atoms with van der Waals surface area (Å²) in [4.78, 5) is 12.4. The minimum absolute atomic E-state index is 0.152. The van der Waals surface area contributed by atoms with Gasteiger partial charge in [0.25, 0.3) is 5.91 Å². The number of hydrogen-bond acceptors (Lipinski definition) is 6. The van der Waals surface area contributed by atoms with Crippen molar-refractivity contribution in [2.45, 2.75) is 18.5 Å². The molecule has 0 spiro atoms. The van der Waals surface area contributed by atoms with E-state index in [2.05, 4.69) is 39.8 Å². The third-order valence-corrected chi connectivity index (χ3v) is 6.05. The molecule has 7 nitrogen and oxygen atoms in total. The van der Waals surface area contributed by atoms with Gasteiger partial charge in [-0.15, -0.1) is 10.2 Å². The summed E-state index contributed by atoms with van der Waals surface area (Å²) in [5.74, 6) is 1.38. The van der Waals surface area contributed by atoms with Gasteiger partial charge in [0.05, 0.1) is 19.1 Å². The van der Waals surface area contributed by atoms with Crippen LogP contribution in [0.3, 0.4) is 0 Å². The second-order valence-electron chi connectivity index (χ2n) is 7.38. The maximum absolute atomic E-state index is 12.4. The Morgan fingerprint density at radius 2 is 1.76 bits per heavy atom. The van der Waals surface area contributed by atoms with Crippen LogP contribution in [0.2, 0.25) is 0 Å². The van der Waals surface area contributed by atoms with Crippen LogP contribution in [0.25, 0.3) is 17.1 Å². The molecule has 1 N–H and O–H groups in total. The molecule has 0 unspecified atom stereocenters. The maximum atomic E-state index is 12.4. The van der Waals surface area contributed by atoms with Gasteiger partial charge in [0.2, 0.25) is 0 Å². The fraction of sp³-hybridized carbons (Fsp3) is 0.154. The molecule has 0 aliphatic carbocycles. The van der Waals surface area contributed by atoms with E-state index >= 15 is 0 Å². The second kappa shape index (κ2) is 11.3. The van der Waals surface area contributed by atoms with Crippen molar-refractivity contribution in [3.05, 3.63) is 90.0 Å². The largest absolute Gasteiger partial charge is 0.497 e. The van der Waals surface area contributed by atoms with Crippen molar-refractivity contribution in [2.75, 3.05) is 12.9 Å². The number of ether oxygens (including phenoxy) is 1. The number of carbonyl (C=O) groups excluding carboxylic acids is 1. The van der Waals surface area contributed by atoms with Gasteiger partial charge >= 0.3 is 0 Å². The number of rotatable bonds is 9. The van der Waals surface area contributed by atoms with Crippen molar-refractivity contribution in [2.24, 2.45) is 5.10 Å². The lowest BCUT2D eigenvalue weighted by molar-refractivity contribution is -0.118. The molecule has 0 bridgehead atoms. The Kier molecular flexibility index (Phi) is 7.72. The van der Waals surface area contributed by atoms with Crippen LogP contribution in [0.1, 0.15) is 18.1 Å². The Hall–Kier alpha value is -3.91. The zero-order valence-corrected chi connectivity index (χ0v) is 19.8. The van der Waals surface area contributed by atoms with Crippen molar-refractivity contribution in [1.29, 1.82) is 0 Å². The fourth-order valence-electron chi connectivity index (χ4n) is 3.28. The first kappa shape index (κ1) is 23.3. The van der Waals surface area contributed by atoms with Crippen molar-refractivity contribution < 1.29 is 9.53 Å². The average Bonchev–Trinajstić information content (AvgIpc) is 3.32. The number of aryl methyl sites for hydroxylation is 1. The van der Waals surface area contributed by atoms with Crippen LogP contribution in [0, 0.1) is 0 Å². The van der Waals surface area contributed by atoms with E-state index in [1.165, 1.54) is 17.3 Å². The summed E-state index contributed by atoms with van der Waals surface area (Å²) in [5, 5.41) is 13.4. The molecule has 0 radical (unpaired) electrons. The number of methoxy groups -OCH3 is 1. The molecule has 4 aromatic rings. The lowest BCUT2D eigenvalue weighted by Crippen LogP contribution is -2.20. The predicted molar refractivity (Wildman–Crippen MR) is 136 cm³/mol. The smallest absolute Gasteiger partial charge is 0.250 e. The first-order valence-electron chi connectivity index (χ1n) is 10.9. The topological polar surface area (TPSA) is 81.4 Å². The normalized spacial score (nSPS) is 11.0. The summed E-state index contributed by atoms with van der Waals surface area (Å²) in [6.07, 6.45) is 2.62. The number of benzene rings is 3. The Morgan fingerprint density at radius 1 is 1.03 bits per heavy atom. The molecule has 0 fully saturated rings. The minimum atomic E-state index is -0.222. The van der Waals surface area contributed by atoms with Crippen LogP contribution in [-0.4, -0.2) is 39.7 Å². The highest BCUT2D eigenvalue weighted by Crippen LogP contribution is 2.28. The van der Waals surface area contributed by atoms with E-state index in [1.807, 2.05) is 71.3 Å². The third-order valence-electron chi connectivity index (χ3n) is 5.12. The quantitative estimate of drug-likeness (QED) is 0.216. The highest BCUT2D eigenvalue weighted by molar-refractivity contribution is 7.99. The monoisotopic (exact) mass is 471 g/mol. The first-order valence-corrected chi connectivity index (χ1v) is 11.9. The summed E-state index contributed by atoms with van der Waals surface area (Å²) in [6, 6.07) is 25.5. The van der Waals surface area contributed by atoms with Crippen LogP contribution in [-0.2, 0) is 11.2 Å². The van der Waals surface area contributed by atoms with Crippen molar-refractivity contribution in [3.63, 3.8) is 0 Å². The molecule has 34 heavy (non-hydrogen) atoms.